The lowest BCUT2D eigenvalue weighted by Crippen LogP contribution is -2.62. The molecule has 36 heavy (non-hydrogen) atoms. The molecule has 0 amide bonds. The van der Waals surface area contributed by atoms with Crippen LogP contribution in [0.3, 0.4) is 0 Å². The van der Waals surface area contributed by atoms with Gasteiger partial charge in [-0.05, 0) is 6.42 Å². The molecule has 0 saturated carbocycles. The van der Waals surface area contributed by atoms with E-state index in [9.17, 15) is 40.5 Å². The first-order valence-corrected chi connectivity index (χ1v) is 11.6. The number of ether oxygens (including phenoxy) is 6. The first-order valence-electron chi connectivity index (χ1n) is 11.6. The Kier molecular flexibility index (Phi) is 8.63. The van der Waals surface area contributed by atoms with E-state index in [1.54, 1.807) is 6.08 Å². The topological polar surface area (TPSA) is 214 Å². The predicted molar refractivity (Wildman–Crippen MR) is 113 cm³/mol. The van der Waals surface area contributed by atoms with Gasteiger partial charge in [0.1, 0.15) is 48.8 Å². The van der Waals surface area contributed by atoms with Crippen LogP contribution in [0, 0.1) is 11.8 Å². The van der Waals surface area contributed by atoms with E-state index in [-0.39, 0.29) is 12.5 Å². The van der Waals surface area contributed by atoms with Crippen LogP contribution >= 0.6 is 0 Å². The van der Waals surface area contributed by atoms with E-state index >= 15 is 0 Å². The fraction of sp³-hybridized carbons (Fsp3) is 0.773. The zero-order valence-electron chi connectivity index (χ0n) is 19.2. The highest BCUT2D eigenvalue weighted by molar-refractivity contribution is 5.89. The molecule has 14 nitrogen and oxygen atoms in total. The number of aliphatic hydroxyl groups excluding tert-OH is 7. The highest BCUT2D eigenvalue weighted by atomic mass is 16.8. The van der Waals surface area contributed by atoms with E-state index in [1.807, 2.05) is 0 Å². The Morgan fingerprint density at radius 3 is 2.22 bits per heavy atom. The molecule has 0 bridgehead atoms. The normalized spacial score (nSPS) is 47.2. The molecule has 0 aromatic rings. The third-order valence-electron chi connectivity index (χ3n) is 6.89. The number of hydrogen-bond donors (Lipinski definition) is 7. The van der Waals surface area contributed by atoms with Gasteiger partial charge in [0.15, 0.2) is 12.6 Å². The third-order valence-corrected chi connectivity index (χ3v) is 6.89. The average molecular weight is 520 g/mol. The van der Waals surface area contributed by atoms with Gasteiger partial charge < -0.3 is 64.2 Å². The van der Waals surface area contributed by atoms with Crippen LogP contribution in [0.2, 0.25) is 0 Å². The number of esters is 1. The van der Waals surface area contributed by atoms with Gasteiger partial charge in [-0.2, -0.15) is 0 Å². The molecule has 4 aliphatic heterocycles. The number of cyclic esters (lactones) is 1. The van der Waals surface area contributed by atoms with Crippen LogP contribution in [0.5, 0.6) is 0 Å². The van der Waals surface area contributed by atoms with Crippen molar-refractivity contribution in [3.63, 3.8) is 0 Å². The minimum Gasteiger partial charge on any atom is -0.471 e. The van der Waals surface area contributed by atoms with E-state index < -0.39 is 92.8 Å². The maximum absolute atomic E-state index is 12.0. The fourth-order valence-electron chi connectivity index (χ4n) is 4.72. The summed E-state index contributed by atoms with van der Waals surface area (Å²) in [5.41, 5.74) is 0.331. The minimum absolute atomic E-state index is 0.211. The lowest BCUT2D eigenvalue weighted by atomic mass is 9.81. The summed E-state index contributed by atoms with van der Waals surface area (Å²) in [4.78, 5) is 12.0. The number of carbonyl (C=O) groups is 1. The van der Waals surface area contributed by atoms with Crippen LogP contribution in [0.25, 0.3) is 0 Å². The Morgan fingerprint density at radius 2 is 1.56 bits per heavy atom. The minimum atomic E-state index is -1.71. The molecule has 14 heteroatoms. The Labute approximate surface area is 205 Å². The highest BCUT2D eigenvalue weighted by Crippen LogP contribution is 2.38. The molecular weight excluding hydrogens is 488 g/mol. The van der Waals surface area contributed by atoms with Crippen molar-refractivity contribution in [3.8, 4) is 0 Å². The standard InChI is InChI=1S/C22H32O14/c1-2-8-9-3-4-31-19(30)10(9)6-32-20(8)36-22-18(29)16(27)14(25)12(35-22)7-33-21-17(28)15(26)13(24)11(5-23)34-21/h2,6,8-9,11-18,20-29H,1,3-5,7H2/t8-,9+,11-,12-,13-,14-,15+,16+,17-,18-,20+,21-,22+/m1/s1. The van der Waals surface area contributed by atoms with Crippen molar-refractivity contribution in [2.75, 3.05) is 19.8 Å². The van der Waals surface area contributed by atoms with Crippen molar-refractivity contribution in [2.45, 2.75) is 74.1 Å². The number of fused-ring (bicyclic) bond motifs is 1. The highest BCUT2D eigenvalue weighted by Gasteiger charge is 2.49. The third kappa shape index (κ3) is 5.16. The molecule has 4 heterocycles. The lowest BCUT2D eigenvalue weighted by molar-refractivity contribution is -0.352. The van der Waals surface area contributed by atoms with Crippen molar-refractivity contribution in [1.29, 1.82) is 0 Å². The molecule has 3 saturated heterocycles. The van der Waals surface area contributed by atoms with E-state index in [0.29, 0.717) is 12.0 Å². The van der Waals surface area contributed by atoms with Gasteiger partial charge in [-0.15, -0.1) is 6.58 Å². The SMILES string of the molecule is C=C[C@H]1[C@H](O[C@@H]2O[C@H](CO[C@@H]3O[C@H](CO)[C@@H](O)[C@H](O)[C@H]3O)[C@@H](O)[C@H](O)[C@H]2O)OC=C2C(=O)OCC[C@H]21. The molecule has 4 aliphatic rings. The fourth-order valence-corrected chi connectivity index (χ4v) is 4.72. The summed E-state index contributed by atoms with van der Waals surface area (Å²) in [6.07, 6.45) is -13.2. The zero-order chi connectivity index (χ0) is 26.1. The summed E-state index contributed by atoms with van der Waals surface area (Å²) in [6, 6.07) is 0. The van der Waals surface area contributed by atoms with Crippen molar-refractivity contribution < 1.29 is 69.0 Å². The Balaban J connectivity index is 1.42. The molecule has 3 fully saturated rings. The van der Waals surface area contributed by atoms with Gasteiger partial charge in [-0.25, -0.2) is 4.79 Å². The maximum Gasteiger partial charge on any atom is 0.337 e. The predicted octanol–water partition coefficient (Wildman–Crippen LogP) is -3.77. The molecule has 204 valence electrons. The van der Waals surface area contributed by atoms with Crippen molar-refractivity contribution >= 4 is 5.97 Å². The van der Waals surface area contributed by atoms with Crippen LogP contribution in [0.4, 0.5) is 0 Å². The Morgan fingerprint density at radius 1 is 0.917 bits per heavy atom. The molecule has 0 aromatic carbocycles. The molecule has 0 radical (unpaired) electrons. The molecule has 0 aromatic heterocycles. The summed E-state index contributed by atoms with van der Waals surface area (Å²) in [7, 11) is 0. The second-order valence-electron chi connectivity index (χ2n) is 9.10. The van der Waals surface area contributed by atoms with Gasteiger partial charge in [0.05, 0.1) is 31.7 Å². The largest absolute Gasteiger partial charge is 0.471 e. The smallest absolute Gasteiger partial charge is 0.337 e. The second-order valence-corrected chi connectivity index (χ2v) is 9.10. The monoisotopic (exact) mass is 520 g/mol. The summed E-state index contributed by atoms with van der Waals surface area (Å²) < 4.78 is 32.6. The van der Waals surface area contributed by atoms with Crippen molar-refractivity contribution in [3.05, 3.63) is 24.5 Å². The van der Waals surface area contributed by atoms with E-state index in [0.717, 1.165) is 0 Å². The quantitative estimate of drug-likeness (QED) is 0.127. The Bertz CT molecular complexity index is 819. The van der Waals surface area contributed by atoms with Gasteiger partial charge in [0.2, 0.25) is 6.29 Å². The van der Waals surface area contributed by atoms with Gasteiger partial charge in [-0.1, -0.05) is 6.08 Å². The van der Waals surface area contributed by atoms with Crippen molar-refractivity contribution in [2.24, 2.45) is 11.8 Å². The summed E-state index contributed by atoms with van der Waals surface area (Å²) in [6.45, 7) is 2.83. The molecule has 13 atom stereocenters. The number of hydrogen-bond acceptors (Lipinski definition) is 14. The van der Waals surface area contributed by atoms with Gasteiger partial charge >= 0.3 is 5.97 Å². The molecular formula is C22H32O14. The van der Waals surface area contributed by atoms with Gasteiger partial charge in [0, 0.05) is 11.8 Å². The van der Waals surface area contributed by atoms with Crippen LogP contribution in [-0.4, -0.2) is 129 Å². The number of carbonyl (C=O) groups excluding carboxylic acids is 1. The number of rotatable bonds is 7. The van der Waals surface area contributed by atoms with E-state index in [1.165, 1.54) is 6.26 Å². The lowest BCUT2D eigenvalue weighted by Gasteiger charge is -2.44. The molecule has 0 unspecified atom stereocenters. The second kappa shape index (κ2) is 11.4. The van der Waals surface area contributed by atoms with E-state index in [4.69, 9.17) is 28.4 Å². The van der Waals surface area contributed by atoms with Crippen LogP contribution in [-0.2, 0) is 33.2 Å². The number of aliphatic hydroxyl groups is 7. The van der Waals surface area contributed by atoms with Gasteiger partial charge in [0.25, 0.3) is 0 Å². The molecule has 4 rings (SSSR count). The van der Waals surface area contributed by atoms with E-state index in [2.05, 4.69) is 6.58 Å². The maximum atomic E-state index is 12.0. The van der Waals surface area contributed by atoms with Crippen LogP contribution in [0.15, 0.2) is 24.5 Å². The van der Waals surface area contributed by atoms with Crippen LogP contribution < -0.4 is 0 Å². The first-order chi connectivity index (χ1) is 17.2. The van der Waals surface area contributed by atoms with Crippen molar-refractivity contribution in [1.82, 2.24) is 0 Å². The first kappa shape index (κ1) is 27.3. The average Bonchev–Trinajstić information content (AvgIpc) is 2.87. The summed E-state index contributed by atoms with van der Waals surface area (Å²) >= 11 is 0. The molecule has 7 N–H and O–H groups in total. The molecule has 0 spiro atoms. The molecule has 0 aliphatic carbocycles. The summed E-state index contributed by atoms with van der Waals surface area (Å²) in [5, 5.41) is 70.4. The zero-order valence-corrected chi connectivity index (χ0v) is 19.2. The summed E-state index contributed by atoms with van der Waals surface area (Å²) in [5.74, 6) is -1.32. The Hall–Kier alpha value is -1.69. The van der Waals surface area contributed by atoms with Gasteiger partial charge in [-0.3, -0.25) is 0 Å². The van der Waals surface area contributed by atoms with Crippen LogP contribution in [0.1, 0.15) is 6.42 Å².